The summed E-state index contributed by atoms with van der Waals surface area (Å²) >= 11 is 0. The summed E-state index contributed by atoms with van der Waals surface area (Å²) in [5.41, 5.74) is 2.89. The normalized spacial score (nSPS) is 14.2. The van der Waals surface area contributed by atoms with E-state index in [1.807, 2.05) is 0 Å². The zero-order valence-electron chi connectivity index (χ0n) is 17.5. The van der Waals surface area contributed by atoms with Crippen molar-refractivity contribution in [2.45, 2.75) is 91.5 Å². The standard InChI is InChI=1S/C23H40OSi/c1-20(2)13-12-14-21(3)19-23(24-25(4,5)6)18-11-10-17-22-15-8-7-9-16-22/h7-9,13,15-16,21,23H,10-12,14,17-19H2,1-6H3/t21-,23?/m1/s1. The quantitative estimate of drug-likeness (QED) is 0.214. The van der Waals surface area contributed by atoms with Crippen LogP contribution in [0.3, 0.4) is 0 Å². The third-order valence-electron chi connectivity index (χ3n) is 4.48. The van der Waals surface area contributed by atoms with Crippen molar-refractivity contribution in [3.05, 3.63) is 47.5 Å². The summed E-state index contributed by atoms with van der Waals surface area (Å²) in [6, 6.07) is 10.8. The second-order valence-corrected chi connectivity index (χ2v) is 13.2. The SMILES string of the molecule is CC(C)=CCC[C@@H](C)CC(CCCCc1ccccc1)O[Si](C)(C)C. The van der Waals surface area contributed by atoms with Crippen LogP contribution in [0.5, 0.6) is 0 Å². The van der Waals surface area contributed by atoms with E-state index in [4.69, 9.17) is 4.43 Å². The first-order valence-electron chi connectivity index (χ1n) is 10.1. The lowest BCUT2D eigenvalue weighted by Gasteiger charge is -2.28. The summed E-state index contributed by atoms with van der Waals surface area (Å²) in [5.74, 6) is 0.742. The molecule has 2 atom stereocenters. The van der Waals surface area contributed by atoms with E-state index in [0.717, 1.165) is 5.92 Å². The molecule has 0 aliphatic rings. The Balaban J connectivity index is 2.39. The van der Waals surface area contributed by atoms with E-state index in [2.05, 4.69) is 76.8 Å². The third kappa shape index (κ3) is 12.2. The summed E-state index contributed by atoms with van der Waals surface area (Å²) in [4.78, 5) is 0. The summed E-state index contributed by atoms with van der Waals surface area (Å²) in [7, 11) is -1.47. The predicted octanol–water partition coefficient (Wildman–Crippen LogP) is 7.39. The average molecular weight is 361 g/mol. The first-order chi connectivity index (χ1) is 11.8. The van der Waals surface area contributed by atoms with Gasteiger partial charge >= 0.3 is 0 Å². The zero-order valence-corrected chi connectivity index (χ0v) is 18.5. The van der Waals surface area contributed by atoms with Gasteiger partial charge in [-0.05, 0) is 83.5 Å². The monoisotopic (exact) mass is 360 g/mol. The molecule has 0 N–H and O–H groups in total. The highest BCUT2D eigenvalue weighted by Crippen LogP contribution is 2.23. The molecule has 0 saturated heterocycles. The maximum absolute atomic E-state index is 6.51. The maximum Gasteiger partial charge on any atom is 0.184 e. The summed E-state index contributed by atoms with van der Waals surface area (Å²) in [6.45, 7) is 13.7. The van der Waals surface area contributed by atoms with Crippen molar-refractivity contribution in [3.8, 4) is 0 Å². The van der Waals surface area contributed by atoms with Crippen LogP contribution in [0.1, 0.15) is 64.9 Å². The van der Waals surface area contributed by atoms with Crippen LogP contribution in [0.2, 0.25) is 19.6 Å². The molecule has 2 heteroatoms. The topological polar surface area (TPSA) is 9.23 Å². The van der Waals surface area contributed by atoms with Gasteiger partial charge in [0.1, 0.15) is 0 Å². The fourth-order valence-electron chi connectivity index (χ4n) is 3.29. The highest BCUT2D eigenvalue weighted by Gasteiger charge is 2.22. The molecule has 0 fully saturated rings. The smallest absolute Gasteiger partial charge is 0.184 e. The first kappa shape index (κ1) is 22.2. The highest BCUT2D eigenvalue weighted by atomic mass is 28.4. The summed E-state index contributed by atoms with van der Waals surface area (Å²) < 4.78 is 6.51. The third-order valence-corrected chi connectivity index (χ3v) is 5.52. The summed E-state index contributed by atoms with van der Waals surface area (Å²) in [6.07, 6.45) is 11.5. The molecule has 1 aromatic carbocycles. The van der Waals surface area contributed by atoms with Crippen LogP contribution in [0.4, 0.5) is 0 Å². The van der Waals surface area contributed by atoms with Crippen LogP contribution in [0.15, 0.2) is 42.0 Å². The molecule has 1 nitrogen and oxygen atoms in total. The van der Waals surface area contributed by atoms with Crippen molar-refractivity contribution >= 4 is 8.32 Å². The molecule has 25 heavy (non-hydrogen) atoms. The Morgan fingerprint density at radius 3 is 2.32 bits per heavy atom. The van der Waals surface area contributed by atoms with Crippen LogP contribution in [0.25, 0.3) is 0 Å². The molecule has 0 aromatic heterocycles. The lowest BCUT2D eigenvalue weighted by Crippen LogP contribution is -2.33. The molecule has 0 bridgehead atoms. The molecule has 0 aliphatic heterocycles. The second kappa shape index (κ2) is 11.7. The van der Waals surface area contributed by atoms with E-state index >= 15 is 0 Å². The largest absolute Gasteiger partial charge is 0.415 e. The molecule has 0 spiro atoms. The average Bonchev–Trinajstić information content (AvgIpc) is 2.50. The van der Waals surface area contributed by atoms with Gasteiger partial charge in [-0.15, -0.1) is 0 Å². The van der Waals surface area contributed by atoms with Crippen LogP contribution >= 0.6 is 0 Å². The van der Waals surface area contributed by atoms with Crippen molar-refractivity contribution in [2.24, 2.45) is 5.92 Å². The lowest BCUT2D eigenvalue weighted by atomic mass is 9.95. The van der Waals surface area contributed by atoms with E-state index in [1.165, 1.54) is 56.1 Å². The first-order valence-corrected chi connectivity index (χ1v) is 13.5. The molecule has 1 rings (SSSR count). The minimum absolute atomic E-state index is 0.448. The highest BCUT2D eigenvalue weighted by molar-refractivity contribution is 6.69. The van der Waals surface area contributed by atoms with Crippen LogP contribution in [0, 0.1) is 5.92 Å². The number of benzene rings is 1. The van der Waals surface area contributed by atoms with Crippen LogP contribution < -0.4 is 0 Å². The van der Waals surface area contributed by atoms with Gasteiger partial charge in [-0.3, -0.25) is 0 Å². The van der Waals surface area contributed by atoms with Gasteiger partial charge in [0.2, 0.25) is 0 Å². The van der Waals surface area contributed by atoms with Crippen molar-refractivity contribution in [1.29, 1.82) is 0 Å². The summed E-state index contributed by atoms with van der Waals surface area (Å²) in [5, 5.41) is 0. The van der Waals surface area contributed by atoms with E-state index in [-0.39, 0.29) is 0 Å². The number of allylic oxidation sites excluding steroid dienone is 2. The van der Waals surface area contributed by atoms with Crippen molar-refractivity contribution < 1.29 is 4.43 Å². The van der Waals surface area contributed by atoms with Gasteiger partial charge in [0, 0.05) is 6.10 Å². The Morgan fingerprint density at radius 2 is 1.72 bits per heavy atom. The Labute approximate surface area is 158 Å². The number of hydrogen-bond acceptors (Lipinski definition) is 1. The van der Waals surface area contributed by atoms with E-state index < -0.39 is 8.32 Å². The molecule has 0 aliphatic carbocycles. The fraction of sp³-hybridized carbons (Fsp3) is 0.652. The van der Waals surface area contributed by atoms with Gasteiger partial charge in [-0.2, -0.15) is 0 Å². The Morgan fingerprint density at radius 1 is 1.04 bits per heavy atom. The van der Waals surface area contributed by atoms with Gasteiger partial charge in [-0.1, -0.05) is 55.3 Å². The molecule has 1 aromatic rings. The Hall–Kier alpha value is -0.863. The molecule has 0 saturated carbocycles. The second-order valence-electron chi connectivity index (χ2n) is 8.78. The van der Waals surface area contributed by atoms with Gasteiger partial charge in [0.25, 0.3) is 0 Å². The Kier molecular flexibility index (Phi) is 10.4. The van der Waals surface area contributed by atoms with Gasteiger partial charge < -0.3 is 4.43 Å². The maximum atomic E-state index is 6.51. The lowest BCUT2D eigenvalue weighted by molar-refractivity contribution is 0.149. The minimum atomic E-state index is -1.47. The van der Waals surface area contributed by atoms with Crippen molar-refractivity contribution in [3.63, 3.8) is 0 Å². The number of rotatable bonds is 12. The fourth-order valence-corrected chi connectivity index (χ4v) is 4.51. The molecule has 1 unspecified atom stereocenters. The number of hydrogen-bond donors (Lipinski definition) is 0. The van der Waals surface area contributed by atoms with Gasteiger partial charge in [0.15, 0.2) is 8.32 Å². The zero-order chi connectivity index (χ0) is 18.7. The molecular formula is C23H40OSi. The van der Waals surface area contributed by atoms with Gasteiger partial charge in [-0.25, -0.2) is 0 Å². The molecule has 0 heterocycles. The van der Waals surface area contributed by atoms with Crippen LogP contribution in [-0.4, -0.2) is 14.4 Å². The van der Waals surface area contributed by atoms with Crippen molar-refractivity contribution in [1.82, 2.24) is 0 Å². The van der Waals surface area contributed by atoms with E-state index in [1.54, 1.807) is 0 Å². The minimum Gasteiger partial charge on any atom is -0.415 e. The predicted molar refractivity (Wildman–Crippen MR) is 115 cm³/mol. The Bertz CT molecular complexity index is 483. The van der Waals surface area contributed by atoms with Crippen LogP contribution in [-0.2, 0) is 10.8 Å². The molecule has 0 radical (unpaired) electrons. The molecule has 0 amide bonds. The number of aryl methyl sites for hydroxylation is 1. The molecular weight excluding hydrogens is 320 g/mol. The van der Waals surface area contributed by atoms with Crippen molar-refractivity contribution in [2.75, 3.05) is 0 Å². The molecule has 142 valence electrons. The van der Waals surface area contributed by atoms with Gasteiger partial charge in [0.05, 0.1) is 0 Å². The number of unbranched alkanes of at least 4 members (excludes halogenated alkanes) is 1. The van der Waals surface area contributed by atoms with E-state index in [0.29, 0.717) is 6.10 Å². The van der Waals surface area contributed by atoms with E-state index in [9.17, 15) is 0 Å².